The van der Waals surface area contributed by atoms with Gasteiger partial charge in [0, 0.05) is 26.2 Å². The van der Waals surface area contributed by atoms with Gasteiger partial charge >= 0.3 is 0 Å². The molecule has 0 aliphatic carbocycles. The first-order valence-corrected chi connectivity index (χ1v) is 9.56. The molecule has 0 bridgehead atoms. The highest BCUT2D eigenvalue weighted by atomic mass is 16.5. The van der Waals surface area contributed by atoms with Gasteiger partial charge < -0.3 is 19.3 Å². The molecule has 1 aromatic heterocycles. The Bertz CT molecular complexity index is 781. The van der Waals surface area contributed by atoms with Gasteiger partial charge in [-0.15, -0.1) is 0 Å². The third kappa shape index (κ3) is 4.55. The summed E-state index contributed by atoms with van der Waals surface area (Å²) in [6, 6.07) is 8.07. The van der Waals surface area contributed by atoms with E-state index < -0.39 is 0 Å². The van der Waals surface area contributed by atoms with Crippen molar-refractivity contribution in [1.82, 2.24) is 15.0 Å². The molecule has 4 rings (SSSR count). The minimum atomic E-state index is 0.433. The average molecular weight is 383 g/mol. The van der Waals surface area contributed by atoms with Crippen LogP contribution in [-0.4, -0.2) is 73.8 Å². The number of aromatic nitrogens is 3. The molecule has 0 spiro atoms. The number of nitrogens with zero attached hydrogens (tertiary/aromatic N) is 6. The Balaban J connectivity index is 1.56. The van der Waals surface area contributed by atoms with Gasteiger partial charge in [0.15, 0.2) is 0 Å². The Kier molecular flexibility index (Phi) is 5.93. The standard InChI is InChI=1S/C19H25N7O2/c1-15-4-2-3-5-16(15)14-20-24-17-21-18(25-6-10-27-11-7-25)23-19(22-17)26-8-12-28-13-9-26/h2-5,14H,6-13H2,1H3,(H,21,22,23,24)/b20-14+. The largest absolute Gasteiger partial charge is 0.378 e. The van der Waals surface area contributed by atoms with Crippen molar-refractivity contribution in [2.75, 3.05) is 67.8 Å². The fraction of sp³-hybridized carbons (Fsp3) is 0.474. The number of nitrogens with one attached hydrogen (secondary N) is 1. The molecule has 3 heterocycles. The molecule has 0 radical (unpaired) electrons. The van der Waals surface area contributed by atoms with E-state index in [2.05, 4.69) is 48.3 Å². The second-order valence-electron chi connectivity index (χ2n) is 6.68. The van der Waals surface area contributed by atoms with Crippen molar-refractivity contribution in [2.24, 2.45) is 5.10 Å². The molecule has 2 saturated heterocycles. The van der Waals surface area contributed by atoms with Crippen LogP contribution in [0.2, 0.25) is 0 Å². The summed E-state index contributed by atoms with van der Waals surface area (Å²) in [5, 5.41) is 4.33. The lowest BCUT2D eigenvalue weighted by Gasteiger charge is -2.30. The maximum absolute atomic E-state index is 5.44. The smallest absolute Gasteiger partial charge is 0.250 e. The van der Waals surface area contributed by atoms with E-state index in [9.17, 15) is 0 Å². The first kappa shape index (κ1) is 18.6. The summed E-state index contributed by atoms with van der Waals surface area (Å²) in [5.41, 5.74) is 5.18. The van der Waals surface area contributed by atoms with Crippen LogP contribution in [0.25, 0.3) is 0 Å². The molecule has 28 heavy (non-hydrogen) atoms. The number of hydrogen-bond donors (Lipinski definition) is 1. The minimum absolute atomic E-state index is 0.433. The topological polar surface area (TPSA) is 88.0 Å². The Labute approximate surface area is 164 Å². The van der Waals surface area contributed by atoms with Gasteiger partial charge in [0.2, 0.25) is 17.8 Å². The molecular formula is C19H25N7O2. The van der Waals surface area contributed by atoms with E-state index in [1.807, 2.05) is 18.2 Å². The van der Waals surface area contributed by atoms with Crippen molar-refractivity contribution in [1.29, 1.82) is 0 Å². The van der Waals surface area contributed by atoms with Crippen LogP contribution in [-0.2, 0) is 9.47 Å². The van der Waals surface area contributed by atoms with Crippen molar-refractivity contribution in [3.05, 3.63) is 35.4 Å². The molecule has 2 aliphatic heterocycles. The fourth-order valence-electron chi connectivity index (χ4n) is 3.10. The van der Waals surface area contributed by atoms with Crippen LogP contribution in [0.4, 0.5) is 17.8 Å². The minimum Gasteiger partial charge on any atom is -0.378 e. The van der Waals surface area contributed by atoms with Crippen LogP contribution in [0.1, 0.15) is 11.1 Å². The lowest BCUT2D eigenvalue weighted by Crippen LogP contribution is -2.40. The fourth-order valence-corrected chi connectivity index (χ4v) is 3.10. The SMILES string of the molecule is Cc1ccccc1/C=N/Nc1nc(N2CCOCC2)nc(N2CCOCC2)n1. The second kappa shape index (κ2) is 8.94. The molecule has 0 unspecified atom stereocenters. The Hall–Kier alpha value is -2.78. The molecule has 2 fully saturated rings. The summed E-state index contributed by atoms with van der Waals surface area (Å²) in [4.78, 5) is 18.1. The number of anilines is 3. The van der Waals surface area contributed by atoms with Crippen molar-refractivity contribution < 1.29 is 9.47 Å². The quantitative estimate of drug-likeness (QED) is 0.611. The van der Waals surface area contributed by atoms with E-state index in [1.54, 1.807) is 6.21 Å². The molecule has 1 aromatic carbocycles. The highest BCUT2D eigenvalue weighted by Crippen LogP contribution is 2.18. The van der Waals surface area contributed by atoms with Crippen LogP contribution in [0.3, 0.4) is 0 Å². The Morgan fingerprint density at radius 1 is 0.893 bits per heavy atom. The Morgan fingerprint density at radius 3 is 2.04 bits per heavy atom. The normalized spacial score (nSPS) is 17.9. The first-order chi connectivity index (χ1) is 13.8. The van der Waals surface area contributed by atoms with Crippen LogP contribution in [0.15, 0.2) is 29.4 Å². The maximum atomic E-state index is 5.44. The summed E-state index contributed by atoms with van der Waals surface area (Å²) < 4.78 is 10.9. The number of rotatable bonds is 5. The van der Waals surface area contributed by atoms with Crippen LogP contribution in [0, 0.1) is 6.92 Å². The zero-order chi connectivity index (χ0) is 19.2. The van der Waals surface area contributed by atoms with E-state index in [0.717, 1.165) is 37.3 Å². The van der Waals surface area contributed by atoms with Gasteiger partial charge in [-0.25, -0.2) is 5.43 Å². The highest BCUT2D eigenvalue weighted by molar-refractivity contribution is 5.81. The number of hydrogen-bond acceptors (Lipinski definition) is 9. The molecule has 2 aliphatic rings. The second-order valence-corrected chi connectivity index (χ2v) is 6.68. The average Bonchev–Trinajstić information content (AvgIpc) is 2.76. The Morgan fingerprint density at radius 2 is 1.46 bits per heavy atom. The van der Waals surface area contributed by atoms with Crippen LogP contribution < -0.4 is 15.2 Å². The molecular weight excluding hydrogens is 358 g/mol. The van der Waals surface area contributed by atoms with Crippen molar-refractivity contribution >= 4 is 24.1 Å². The van der Waals surface area contributed by atoms with E-state index >= 15 is 0 Å². The molecule has 1 N–H and O–H groups in total. The lowest BCUT2D eigenvalue weighted by molar-refractivity contribution is 0.121. The summed E-state index contributed by atoms with van der Waals surface area (Å²) in [7, 11) is 0. The first-order valence-electron chi connectivity index (χ1n) is 9.56. The van der Waals surface area contributed by atoms with Crippen molar-refractivity contribution in [3.63, 3.8) is 0 Å². The zero-order valence-electron chi connectivity index (χ0n) is 16.0. The summed E-state index contributed by atoms with van der Waals surface area (Å²) >= 11 is 0. The molecule has 0 atom stereocenters. The van der Waals surface area contributed by atoms with E-state index in [1.165, 1.54) is 0 Å². The summed E-state index contributed by atoms with van der Waals surface area (Å²) in [6.07, 6.45) is 1.78. The predicted molar refractivity (Wildman–Crippen MR) is 108 cm³/mol. The molecule has 148 valence electrons. The van der Waals surface area contributed by atoms with Crippen LogP contribution >= 0.6 is 0 Å². The monoisotopic (exact) mass is 383 g/mol. The molecule has 9 heteroatoms. The molecule has 0 amide bonds. The third-order valence-electron chi connectivity index (χ3n) is 4.76. The number of ether oxygens (including phenoxy) is 2. The zero-order valence-corrected chi connectivity index (χ0v) is 16.0. The predicted octanol–water partition coefficient (Wildman–Crippen LogP) is 1.30. The number of morpholine rings is 2. The highest BCUT2D eigenvalue weighted by Gasteiger charge is 2.20. The van der Waals surface area contributed by atoms with Gasteiger partial charge in [-0.05, 0) is 18.1 Å². The van der Waals surface area contributed by atoms with Crippen LogP contribution in [0.5, 0.6) is 0 Å². The third-order valence-corrected chi connectivity index (χ3v) is 4.76. The van der Waals surface area contributed by atoms with E-state index in [0.29, 0.717) is 44.3 Å². The molecule has 2 aromatic rings. The molecule has 9 nitrogen and oxygen atoms in total. The molecule has 0 saturated carbocycles. The van der Waals surface area contributed by atoms with Gasteiger partial charge in [0.25, 0.3) is 0 Å². The van der Waals surface area contributed by atoms with Crippen molar-refractivity contribution in [3.8, 4) is 0 Å². The van der Waals surface area contributed by atoms with Gasteiger partial charge in [-0.1, -0.05) is 24.3 Å². The van der Waals surface area contributed by atoms with Gasteiger partial charge in [0.05, 0.1) is 32.6 Å². The van der Waals surface area contributed by atoms with Gasteiger partial charge in [-0.2, -0.15) is 20.1 Å². The van der Waals surface area contributed by atoms with Crippen molar-refractivity contribution in [2.45, 2.75) is 6.92 Å². The van der Waals surface area contributed by atoms with E-state index in [4.69, 9.17) is 9.47 Å². The van der Waals surface area contributed by atoms with E-state index in [-0.39, 0.29) is 0 Å². The number of hydrazone groups is 1. The summed E-state index contributed by atoms with van der Waals surface area (Å²) in [6.45, 7) is 7.80. The summed E-state index contributed by atoms with van der Waals surface area (Å²) in [5.74, 6) is 1.73. The number of aryl methyl sites for hydroxylation is 1. The number of benzene rings is 1. The van der Waals surface area contributed by atoms with Gasteiger partial charge in [0.1, 0.15) is 0 Å². The lowest BCUT2D eigenvalue weighted by atomic mass is 10.1. The maximum Gasteiger partial charge on any atom is 0.250 e. The van der Waals surface area contributed by atoms with Gasteiger partial charge in [-0.3, -0.25) is 0 Å².